The molecule has 0 bridgehead atoms. The molecular weight excluding hydrogens is 384 g/mol. The first kappa shape index (κ1) is 19.7. The maximum absolute atomic E-state index is 12.6. The SMILES string of the molecule is COc1ccc(S(=O)(=O)NC2CCN(C(=O)c3ccccc3S)CC2)cc1. The Morgan fingerprint density at radius 3 is 2.33 bits per heavy atom. The summed E-state index contributed by atoms with van der Waals surface area (Å²) in [5, 5.41) is 0. The summed E-state index contributed by atoms with van der Waals surface area (Å²) >= 11 is 4.34. The lowest BCUT2D eigenvalue weighted by atomic mass is 10.0. The summed E-state index contributed by atoms with van der Waals surface area (Å²) in [7, 11) is -2.07. The predicted molar refractivity (Wildman–Crippen MR) is 106 cm³/mol. The van der Waals surface area contributed by atoms with Crippen LogP contribution in [0.15, 0.2) is 58.3 Å². The summed E-state index contributed by atoms with van der Waals surface area (Å²) < 4.78 is 32.9. The molecule has 6 nitrogen and oxygen atoms in total. The summed E-state index contributed by atoms with van der Waals surface area (Å²) in [6.45, 7) is 0.994. The Bertz CT molecular complexity index is 906. The van der Waals surface area contributed by atoms with Crippen LogP contribution in [0.5, 0.6) is 5.75 Å². The van der Waals surface area contributed by atoms with Crippen molar-refractivity contribution >= 4 is 28.6 Å². The number of amides is 1. The van der Waals surface area contributed by atoms with E-state index in [1.54, 1.807) is 29.2 Å². The number of hydrogen-bond donors (Lipinski definition) is 2. The van der Waals surface area contributed by atoms with E-state index in [0.29, 0.717) is 42.1 Å². The largest absolute Gasteiger partial charge is 0.497 e. The van der Waals surface area contributed by atoms with Crippen molar-refractivity contribution in [3.8, 4) is 5.75 Å². The third-order valence-electron chi connectivity index (χ3n) is 4.61. The van der Waals surface area contributed by atoms with Gasteiger partial charge in [-0.2, -0.15) is 0 Å². The average molecular weight is 407 g/mol. The van der Waals surface area contributed by atoms with Crippen LogP contribution in [0.4, 0.5) is 0 Å². The van der Waals surface area contributed by atoms with Gasteiger partial charge in [-0.25, -0.2) is 13.1 Å². The highest BCUT2D eigenvalue weighted by atomic mass is 32.2. The Balaban J connectivity index is 1.60. The molecule has 2 aromatic rings. The lowest BCUT2D eigenvalue weighted by molar-refractivity contribution is 0.0708. The first-order valence-corrected chi connectivity index (χ1v) is 10.6. The van der Waals surface area contributed by atoms with Crippen molar-refractivity contribution in [1.29, 1.82) is 0 Å². The number of methoxy groups -OCH3 is 1. The fraction of sp³-hybridized carbons (Fsp3) is 0.316. The highest BCUT2D eigenvalue weighted by Crippen LogP contribution is 2.21. The molecule has 0 atom stereocenters. The minimum absolute atomic E-state index is 0.0722. The van der Waals surface area contributed by atoms with Crippen LogP contribution in [0, 0.1) is 0 Å². The summed E-state index contributed by atoms with van der Waals surface area (Å²) in [5.41, 5.74) is 0.568. The average Bonchev–Trinajstić information content (AvgIpc) is 2.68. The van der Waals surface area contributed by atoms with Gasteiger partial charge in [0.1, 0.15) is 5.75 Å². The van der Waals surface area contributed by atoms with Gasteiger partial charge in [-0.1, -0.05) is 12.1 Å². The van der Waals surface area contributed by atoms with Crippen molar-refractivity contribution in [3.63, 3.8) is 0 Å². The standard InChI is InChI=1S/C19H22N2O4S2/c1-25-15-6-8-16(9-7-15)27(23,24)20-14-10-12-21(13-11-14)19(22)17-4-2-3-5-18(17)26/h2-9,14,20,26H,10-13H2,1H3. The number of ether oxygens (including phenoxy) is 1. The summed E-state index contributed by atoms with van der Waals surface area (Å²) in [6.07, 6.45) is 1.13. The predicted octanol–water partition coefficient (Wildman–Crippen LogP) is 2.57. The van der Waals surface area contributed by atoms with Crippen LogP contribution < -0.4 is 9.46 Å². The number of carbonyl (C=O) groups is 1. The first-order chi connectivity index (χ1) is 12.9. The van der Waals surface area contributed by atoms with Gasteiger partial charge in [0.25, 0.3) is 5.91 Å². The van der Waals surface area contributed by atoms with E-state index in [1.807, 2.05) is 12.1 Å². The van der Waals surface area contributed by atoms with Crippen LogP contribution >= 0.6 is 12.6 Å². The molecule has 0 aromatic heterocycles. The van der Waals surface area contributed by atoms with Crippen molar-refractivity contribution in [1.82, 2.24) is 9.62 Å². The van der Waals surface area contributed by atoms with E-state index in [0.717, 1.165) is 0 Å². The number of thiol groups is 1. The minimum Gasteiger partial charge on any atom is -0.497 e. The molecule has 1 aliphatic heterocycles. The zero-order valence-electron chi connectivity index (χ0n) is 15.0. The second-order valence-corrected chi connectivity index (χ2v) is 8.58. The smallest absolute Gasteiger partial charge is 0.254 e. The van der Waals surface area contributed by atoms with E-state index in [1.165, 1.54) is 19.2 Å². The molecule has 8 heteroatoms. The Hall–Kier alpha value is -2.03. The quantitative estimate of drug-likeness (QED) is 0.749. The molecule has 2 aromatic carbocycles. The van der Waals surface area contributed by atoms with Gasteiger partial charge < -0.3 is 9.64 Å². The Kier molecular flexibility index (Phi) is 6.08. The highest BCUT2D eigenvalue weighted by molar-refractivity contribution is 7.89. The van der Waals surface area contributed by atoms with Crippen molar-refractivity contribution in [2.75, 3.05) is 20.2 Å². The lowest BCUT2D eigenvalue weighted by Gasteiger charge is -2.32. The highest BCUT2D eigenvalue weighted by Gasteiger charge is 2.27. The van der Waals surface area contributed by atoms with Gasteiger partial charge in [-0.15, -0.1) is 12.6 Å². The van der Waals surface area contributed by atoms with Crippen LogP contribution in [-0.4, -0.2) is 45.5 Å². The van der Waals surface area contributed by atoms with E-state index < -0.39 is 10.0 Å². The second kappa shape index (κ2) is 8.33. The van der Waals surface area contributed by atoms with Crippen LogP contribution in [0.2, 0.25) is 0 Å². The first-order valence-electron chi connectivity index (χ1n) is 8.64. The molecule has 0 radical (unpaired) electrons. The van der Waals surface area contributed by atoms with Crippen molar-refractivity contribution in [2.24, 2.45) is 0 Å². The van der Waals surface area contributed by atoms with Gasteiger partial charge in [0.2, 0.25) is 10.0 Å². The third kappa shape index (κ3) is 4.63. The van der Waals surface area contributed by atoms with Crippen molar-refractivity contribution < 1.29 is 17.9 Å². The second-order valence-electron chi connectivity index (χ2n) is 6.38. The zero-order chi connectivity index (χ0) is 19.4. The molecule has 1 saturated heterocycles. The van der Waals surface area contributed by atoms with E-state index in [2.05, 4.69) is 17.4 Å². The van der Waals surface area contributed by atoms with E-state index in [-0.39, 0.29) is 16.8 Å². The molecule has 27 heavy (non-hydrogen) atoms. The van der Waals surface area contributed by atoms with E-state index >= 15 is 0 Å². The van der Waals surface area contributed by atoms with Gasteiger partial charge >= 0.3 is 0 Å². The van der Waals surface area contributed by atoms with Gasteiger partial charge in [0.15, 0.2) is 0 Å². The number of piperidine rings is 1. The molecule has 1 N–H and O–H groups in total. The molecule has 3 rings (SSSR count). The van der Waals surface area contributed by atoms with Crippen LogP contribution in [0.25, 0.3) is 0 Å². The number of carbonyl (C=O) groups excluding carboxylic acids is 1. The van der Waals surface area contributed by atoms with E-state index in [4.69, 9.17) is 4.74 Å². The molecule has 144 valence electrons. The number of benzene rings is 2. The summed E-state index contributed by atoms with van der Waals surface area (Å²) in [5.74, 6) is 0.530. The lowest BCUT2D eigenvalue weighted by Crippen LogP contribution is -2.46. The Morgan fingerprint density at radius 2 is 1.74 bits per heavy atom. The molecule has 1 amide bonds. The molecule has 1 heterocycles. The summed E-state index contributed by atoms with van der Waals surface area (Å²) in [4.78, 5) is 15.2. The topological polar surface area (TPSA) is 75.7 Å². The fourth-order valence-electron chi connectivity index (χ4n) is 3.07. The molecule has 0 spiro atoms. The molecule has 0 unspecified atom stereocenters. The van der Waals surface area contributed by atoms with Gasteiger partial charge in [0.05, 0.1) is 17.6 Å². The van der Waals surface area contributed by atoms with Gasteiger partial charge in [0, 0.05) is 24.0 Å². The Labute approximate surface area is 165 Å². The minimum atomic E-state index is -3.60. The van der Waals surface area contributed by atoms with Crippen molar-refractivity contribution in [3.05, 3.63) is 54.1 Å². The number of hydrogen-bond acceptors (Lipinski definition) is 5. The number of sulfonamides is 1. The number of rotatable bonds is 5. The molecule has 0 aliphatic carbocycles. The van der Waals surface area contributed by atoms with Crippen LogP contribution in [0.3, 0.4) is 0 Å². The normalized spacial score (nSPS) is 15.6. The molecular formula is C19H22N2O4S2. The third-order valence-corrected chi connectivity index (χ3v) is 6.53. The number of nitrogens with one attached hydrogen (secondary N) is 1. The maximum Gasteiger partial charge on any atom is 0.254 e. The fourth-order valence-corrected chi connectivity index (χ4v) is 4.63. The summed E-state index contributed by atoms with van der Waals surface area (Å²) in [6, 6.07) is 13.2. The Morgan fingerprint density at radius 1 is 1.11 bits per heavy atom. The van der Waals surface area contributed by atoms with Crippen LogP contribution in [0.1, 0.15) is 23.2 Å². The zero-order valence-corrected chi connectivity index (χ0v) is 16.7. The van der Waals surface area contributed by atoms with Crippen LogP contribution in [-0.2, 0) is 10.0 Å². The molecule has 0 saturated carbocycles. The molecule has 1 fully saturated rings. The number of nitrogens with zero attached hydrogens (tertiary/aromatic N) is 1. The maximum atomic E-state index is 12.6. The van der Waals surface area contributed by atoms with E-state index in [9.17, 15) is 13.2 Å². The molecule has 1 aliphatic rings. The van der Waals surface area contributed by atoms with Crippen molar-refractivity contribution in [2.45, 2.75) is 28.7 Å². The number of likely N-dealkylation sites (tertiary alicyclic amines) is 1. The van der Waals surface area contributed by atoms with Gasteiger partial charge in [-0.3, -0.25) is 4.79 Å². The van der Waals surface area contributed by atoms with Gasteiger partial charge in [-0.05, 0) is 49.2 Å². The monoisotopic (exact) mass is 406 g/mol.